The van der Waals surface area contributed by atoms with Gasteiger partial charge in [0.15, 0.2) is 87.8 Å². The molecule has 0 amide bonds. The van der Waals surface area contributed by atoms with Crippen molar-refractivity contribution >= 4 is 29.8 Å². The van der Waals surface area contributed by atoms with E-state index in [4.69, 9.17) is 28.4 Å². The maximum atomic E-state index is 14.2. The van der Waals surface area contributed by atoms with E-state index in [1.54, 1.807) is 0 Å². The van der Waals surface area contributed by atoms with E-state index in [1.165, 1.54) is 0 Å². The molecule has 16 N–H and O–H groups in total. The second-order valence-corrected chi connectivity index (χ2v) is 14.4. The monoisotopic (exact) mass is 954 g/mol. The highest BCUT2D eigenvalue weighted by atomic mass is 16.7. The minimum absolute atomic E-state index is 0.417. The molecule has 7 rings (SSSR count). The molecule has 2 aliphatic rings. The Morgan fingerprint density at radius 2 is 0.985 bits per heavy atom. The van der Waals surface area contributed by atoms with E-state index < -0.39 is 198 Å². The van der Waals surface area contributed by atoms with E-state index in [1.807, 2.05) is 0 Å². The molecule has 5 aromatic carbocycles. The van der Waals surface area contributed by atoms with Crippen molar-refractivity contribution in [3.8, 4) is 103 Å². The maximum Gasteiger partial charge on any atom is 0.339 e. The van der Waals surface area contributed by atoms with Crippen molar-refractivity contribution in [2.24, 2.45) is 0 Å². The Kier molecular flexibility index (Phi) is 11.6. The van der Waals surface area contributed by atoms with Crippen LogP contribution in [0.2, 0.25) is 0 Å². The standard InChI is InChI=1S/C41H30O27/c42-14-1-9(2-15(43)24(14)48)37(58)63-8-21-33(66-38(59)10-3-16(44)25(49)20(4-10)64-32-13(36(56)57)7-19(47)28(52)31(32)55)34-35(41(62)65-21)68-40(61)12-6-18(46)27(51)30(54)23(12)22-11(39(60)67-34)5-17(45)26(50)29(22)53/h1-7,21,33-35,41-55,62H,8H2,(H,56,57). The largest absolute Gasteiger partial charge is 0.504 e. The second-order valence-electron chi connectivity index (χ2n) is 14.4. The first-order valence-corrected chi connectivity index (χ1v) is 18.6. The van der Waals surface area contributed by atoms with E-state index >= 15 is 0 Å². The van der Waals surface area contributed by atoms with Crippen molar-refractivity contribution in [1.82, 2.24) is 0 Å². The molecular weight excluding hydrogens is 924 g/mol. The zero-order valence-electron chi connectivity index (χ0n) is 33.3. The molecule has 27 heteroatoms. The van der Waals surface area contributed by atoms with Gasteiger partial charge >= 0.3 is 29.8 Å². The van der Waals surface area contributed by atoms with E-state index in [-0.39, 0.29) is 0 Å². The topological polar surface area (TPSA) is 464 Å². The summed E-state index contributed by atoms with van der Waals surface area (Å²) < 4.78 is 32.5. The SMILES string of the molecule is O=C(OCC1OC(O)C2OC(=O)c3cc(O)c(O)c(O)c3-c3c(cc(O)c(O)c3O)C(=O)OC2C1OC(=O)c1cc(O)c(O)c(Oc2c(C(=O)O)cc(O)c(O)c2O)c1)c1cc(O)c(O)c(O)c1. The summed E-state index contributed by atoms with van der Waals surface area (Å²) in [5.41, 5.74) is -6.78. The lowest BCUT2D eigenvalue weighted by atomic mass is 9.91. The zero-order valence-corrected chi connectivity index (χ0v) is 33.3. The molecule has 5 unspecified atom stereocenters. The van der Waals surface area contributed by atoms with Crippen molar-refractivity contribution in [3.63, 3.8) is 0 Å². The highest BCUT2D eigenvalue weighted by molar-refractivity contribution is 6.08. The van der Waals surface area contributed by atoms with Crippen LogP contribution in [0, 0.1) is 0 Å². The first kappa shape index (κ1) is 46.4. The highest BCUT2D eigenvalue weighted by Crippen LogP contribution is 2.54. The van der Waals surface area contributed by atoms with Crippen LogP contribution in [0.25, 0.3) is 11.1 Å². The third-order valence-corrected chi connectivity index (χ3v) is 10.2. The van der Waals surface area contributed by atoms with Gasteiger partial charge in [-0.1, -0.05) is 0 Å². The fourth-order valence-electron chi connectivity index (χ4n) is 6.87. The second kappa shape index (κ2) is 17.1. The number of ether oxygens (including phenoxy) is 6. The van der Waals surface area contributed by atoms with Crippen LogP contribution in [0.1, 0.15) is 51.8 Å². The number of aliphatic hydroxyl groups excluding tert-OH is 1. The maximum absolute atomic E-state index is 14.2. The van der Waals surface area contributed by atoms with Crippen LogP contribution in [0.3, 0.4) is 0 Å². The number of carbonyl (C=O) groups is 5. The molecule has 0 saturated carbocycles. The summed E-state index contributed by atoms with van der Waals surface area (Å²) in [6.45, 7) is -1.20. The van der Waals surface area contributed by atoms with Gasteiger partial charge in [-0.15, -0.1) is 0 Å². The third-order valence-electron chi connectivity index (χ3n) is 10.2. The average Bonchev–Trinajstić information content (AvgIpc) is 3.28. The Morgan fingerprint density at radius 1 is 0.529 bits per heavy atom. The van der Waals surface area contributed by atoms with E-state index in [0.29, 0.717) is 42.5 Å². The predicted octanol–water partition coefficient (Wildman–Crippen LogP) is 1.59. The number of rotatable bonds is 8. The van der Waals surface area contributed by atoms with Crippen molar-refractivity contribution in [3.05, 3.63) is 70.3 Å². The number of carbonyl (C=O) groups excluding carboxylic acids is 4. The smallest absolute Gasteiger partial charge is 0.339 e. The van der Waals surface area contributed by atoms with Gasteiger partial charge in [0.05, 0.1) is 22.3 Å². The number of phenolic OH excluding ortho intramolecular Hbond substituents is 14. The number of fused-ring (bicyclic) bond motifs is 4. The van der Waals surface area contributed by atoms with Gasteiger partial charge in [0.25, 0.3) is 0 Å². The molecule has 68 heavy (non-hydrogen) atoms. The summed E-state index contributed by atoms with van der Waals surface area (Å²) in [6, 6.07) is 3.56. The minimum atomic E-state index is -2.53. The van der Waals surface area contributed by atoms with Crippen molar-refractivity contribution in [2.45, 2.75) is 30.7 Å². The lowest BCUT2D eigenvalue weighted by Crippen LogP contribution is -2.62. The molecule has 5 atom stereocenters. The molecule has 1 saturated heterocycles. The molecule has 1 fully saturated rings. The summed E-state index contributed by atoms with van der Waals surface area (Å²) in [4.78, 5) is 67.3. The highest BCUT2D eigenvalue weighted by Gasteiger charge is 2.54. The van der Waals surface area contributed by atoms with Crippen LogP contribution in [0.4, 0.5) is 0 Å². The number of aromatic hydroxyl groups is 14. The molecule has 2 heterocycles. The minimum Gasteiger partial charge on any atom is -0.504 e. The summed E-state index contributed by atoms with van der Waals surface area (Å²) in [6.07, 6.45) is -11.9. The van der Waals surface area contributed by atoms with Gasteiger partial charge < -0.3 is 110 Å². The Bertz CT molecular complexity index is 2970. The van der Waals surface area contributed by atoms with Gasteiger partial charge in [-0.05, 0) is 36.4 Å². The summed E-state index contributed by atoms with van der Waals surface area (Å²) >= 11 is 0. The number of hydrogen-bond acceptors (Lipinski definition) is 26. The van der Waals surface area contributed by atoms with Crippen LogP contribution in [0.15, 0.2) is 42.5 Å². The van der Waals surface area contributed by atoms with Crippen molar-refractivity contribution < 1.29 is 134 Å². The molecular formula is C41H30O27. The molecule has 0 aliphatic carbocycles. The van der Waals surface area contributed by atoms with Gasteiger partial charge in [0, 0.05) is 17.2 Å². The predicted molar refractivity (Wildman–Crippen MR) is 210 cm³/mol. The fraction of sp³-hybridized carbons (Fsp3) is 0.146. The summed E-state index contributed by atoms with van der Waals surface area (Å²) in [5, 5.41) is 166. The van der Waals surface area contributed by atoms with E-state index in [9.17, 15) is 106 Å². The number of hydrogen-bond donors (Lipinski definition) is 16. The quantitative estimate of drug-likeness (QED) is 0.0596. The number of carboxylic acids is 1. The van der Waals surface area contributed by atoms with Crippen molar-refractivity contribution in [1.29, 1.82) is 0 Å². The molecule has 2 aliphatic heterocycles. The fourth-order valence-corrected chi connectivity index (χ4v) is 6.87. The summed E-state index contributed by atoms with van der Waals surface area (Å²) in [7, 11) is 0. The molecule has 27 nitrogen and oxygen atoms in total. The lowest BCUT2D eigenvalue weighted by molar-refractivity contribution is -0.284. The average molecular weight is 955 g/mol. The van der Waals surface area contributed by atoms with Crippen molar-refractivity contribution in [2.75, 3.05) is 6.61 Å². The van der Waals surface area contributed by atoms with Gasteiger partial charge in [-0.2, -0.15) is 0 Å². The van der Waals surface area contributed by atoms with E-state index in [2.05, 4.69) is 0 Å². The lowest BCUT2D eigenvalue weighted by Gasteiger charge is -2.43. The van der Waals surface area contributed by atoms with Gasteiger partial charge in [-0.25, -0.2) is 24.0 Å². The number of benzene rings is 5. The van der Waals surface area contributed by atoms with E-state index in [0.717, 1.165) is 0 Å². The number of phenols is 14. The van der Waals surface area contributed by atoms with Gasteiger partial charge in [0.1, 0.15) is 18.3 Å². The molecule has 0 radical (unpaired) electrons. The number of carboxylic acid groups (broad SMARTS) is 1. The molecule has 5 aromatic rings. The van der Waals surface area contributed by atoms with Crippen LogP contribution in [0.5, 0.6) is 92.0 Å². The number of aromatic carboxylic acids is 1. The van der Waals surface area contributed by atoms with Gasteiger partial charge in [0.2, 0.25) is 28.7 Å². The zero-order chi connectivity index (χ0) is 50.0. The first-order chi connectivity index (χ1) is 31.9. The molecule has 0 bridgehead atoms. The molecule has 356 valence electrons. The van der Waals surface area contributed by atoms with Crippen LogP contribution in [-0.4, -0.2) is 149 Å². The summed E-state index contributed by atoms with van der Waals surface area (Å²) in [5.74, 6) is -28.2. The Balaban J connectivity index is 1.35. The number of aliphatic hydroxyl groups is 1. The Labute approximate surface area is 374 Å². The Morgan fingerprint density at radius 3 is 1.51 bits per heavy atom. The molecule has 0 aromatic heterocycles. The van der Waals surface area contributed by atoms with Crippen LogP contribution >= 0.6 is 0 Å². The first-order valence-electron chi connectivity index (χ1n) is 18.6. The van der Waals surface area contributed by atoms with Crippen LogP contribution < -0.4 is 4.74 Å². The molecule has 0 spiro atoms. The number of esters is 4. The Hall–Kier alpha value is -9.63. The van der Waals surface area contributed by atoms with Gasteiger partial charge in [-0.3, -0.25) is 0 Å². The third kappa shape index (κ3) is 7.96. The normalized spacial score (nSPS) is 18.7. The van der Waals surface area contributed by atoms with Crippen LogP contribution in [-0.2, 0) is 23.7 Å².